The van der Waals surface area contributed by atoms with E-state index in [0.717, 1.165) is 22.5 Å². The predicted octanol–water partition coefficient (Wildman–Crippen LogP) is 5.40. The molecule has 2 aromatic rings. The minimum atomic E-state index is -2.04. The van der Waals surface area contributed by atoms with Gasteiger partial charge in [-0.2, -0.15) is 0 Å². The smallest absolute Gasteiger partial charge is 0.335 e. The number of carbonyl (C=O) groups excluding carboxylic acids is 2. The lowest BCUT2D eigenvalue weighted by Crippen LogP contribution is -2.29. The minimum absolute atomic E-state index is 0.366. The molecule has 7 heteroatoms. The van der Waals surface area contributed by atoms with E-state index >= 15 is 0 Å². The van der Waals surface area contributed by atoms with Gasteiger partial charge in [-0.25, -0.2) is 9.59 Å². The number of benzene rings is 1. The van der Waals surface area contributed by atoms with Crippen molar-refractivity contribution in [3.63, 3.8) is 0 Å². The van der Waals surface area contributed by atoms with Crippen molar-refractivity contribution in [3.05, 3.63) is 46.2 Å². The van der Waals surface area contributed by atoms with E-state index in [2.05, 4.69) is 0 Å². The maximum Gasteiger partial charge on any atom is 0.335 e. The Balaban J connectivity index is 2.46. The number of hydrogen-bond acceptors (Lipinski definition) is 5. The summed E-state index contributed by atoms with van der Waals surface area (Å²) in [5, 5.41) is 0. The van der Waals surface area contributed by atoms with Gasteiger partial charge in [0, 0.05) is 5.56 Å². The molecule has 0 unspecified atom stereocenters. The van der Waals surface area contributed by atoms with E-state index in [4.69, 9.17) is 8.85 Å². The summed E-state index contributed by atoms with van der Waals surface area (Å²) in [7, 11) is -4.04. The third-order valence-electron chi connectivity index (χ3n) is 3.00. The molecular weight excluding hydrogens is 368 g/mol. The number of rotatable bonds is 5. The second-order valence-electron chi connectivity index (χ2n) is 7.72. The molecule has 1 aromatic heterocycles. The van der Waals surface area contributed by atoms with Gasteiger partial charge in [-0.05, 0) is 50.9 Å². The molecule has 0 N–H and O–H groups in total. The SMILES string of the molecule is C[Si](C)(C)OC(=O)c1cc(-c2ccccc2)c(C(=O)O[Si](C)(C)C)s1. The normalized spacial score (nSPS) is 11.9. The summed E-state index contributed by atoms with van der Waals surface area (Å²) in [5.41, 5.74) is 1.60. The Morgan fingerprint density at radius 1 is 0.840 bits per heavy atom. The summed E-state index contributed by atoms with van der Waals surface area (Å²) < 4.78 is 11.2. The number of thiophene rings is 1. The largest absolute Gasteiger partial charge is 0.516 e. The molecule has 0 saturated heterocycles. The molecule has 1 aromatic carbocycles. The third kappa shape index (κ3) is 5.66. The van der Waals surface area contributed by atoms with E-state index in [1.165, 1.54) is 0 Å². The van der Waals surface area contributed by atoms with Crippen molar-refractivity contribution in [1.29, 1.82) is 0 Å². The van der Waals surface area contributed by atoms with Crippen LogP contribution in [0.15, 0.2) is 36.4 Å². The van der Waals surface area contributed by atoms with Crippen LogP contribution in [-0.2, 0) is 8.85 Å². The van der Waals surface area contributed by atoms with Crippen LogP contribution in [0.5, 0.6) is 0 Å². The molecular formula is C18H24O4SSi2. The van der Waals surface area contributed by atoms with E-state index in [1.807, 2.05) is 69.6 Å². The second-order valence-corrected chi connectivity index (χ2v) is 17.6. The standard InChI is InChI=1S/C18H24O4SSi2/c1-24(2,3)21-17(19)15-12-14(13-10-8-7-9-11-13)16(23-15)18(20)22-25(4,5)6/h7-12H,1-6H3. The Kier molecular flexibility index (Phi) is 5.70. The first-order valence-corrected chi connectivity index (χ1v) is 15.8. The van der Waals surface area contributed by atoms with Gasteiger partial charge >= 0.3 is 11.9 Å². The van der Waals surface area contributed by atoms with Crippen LogP contribution in [0, 0.1) is 0 Å². The van der Waals surface area contributed by atoms with E-state index in [1.54, 1.807) is 6.07 Å². The lowest BCUT2D eigenvalue weighted by atomic mass is 10.1. The molecule has 0 amide bonds. The van der Waals surface area contributed by atoms with Gasteiger partial charge in [0.05, 0.1) is 0 Å². The fraction of sp³-hybridized carbons (Fsp3) is 0.333. The van der Waals surface area contributed by atoms with Crippen LogP contribution in [0.25, 0.3) is 11.1 Å². The Hall–Kier alpha value is -1.71. The average Bonchev–Trinajstić information content (AvgIpc) is 2.90. The van der Waals surface area contributed by atoms with Crippen LogP contribution in [0.1, 0.15) is 19.3 Å². The van der Waals surface area contributed by atoms with Crippen LogP contribution in [0.3, 0.4) is 0 Å². The molecule has 2 rings (SSSR count). The summed E-state index contributed by atoms with van der Waals surface area (Å²) in [6.45, 7) is 11.7. The van der Waals surface area contributed by atoms with Gasteiger partial charge in [0.25, 0.3) is 0 Å². The average molecular weight is 393 g/mol. The molecule has 0 bridgehead atoms. The maximum atomic E-state index is 12.7. The highest BCUT2D eigenvalue weighted by Gasteiger charge is 2.28. The van der Waals surface area contributed by atoms with Crippen LogP contribution in [0.2, 0.25) is 39.3 Å². The fourth-order valence-corrected chi connectivity index (χ4v) is 4.53. The molecule has 0 fully saturated rings. The van der Waals surface area contributed by atoms with Crippen molar-refractivity contribution in [3.8, 4) is 11.1 Å². The number of hydrogen-bond donors (Lipinski definition) is 0. The van der Waals surface area contributed by atoms with E-state index < -0.39 is 16.6 Å². The first-order chi connectivity index (χ1) is 11.5. The zero-order chi connectivity index (χ0) is 18.8. The zero-order valence-corrected chi connectivity index (χ0v) is 18.3. The van der Waals surface area contributed by atoms with E-state index in [-0.39, 0.29) is 11.9 Å². The quantitative estimate of drug-likeness (QED) is 0.639. The van der Waals surface area contributed by atoms with Gasteiger partial charge in [-0.1, -0.05) is 30.3 Å². The Labute approximate surface area is 155 Å². The molecule has 0 spiro atoms. The molecule has 0 radical (unpaired) electrons. The lowest BCUT2D eigenvalue weighted by molar-refractivity contribution is 0.0721. The van der Waals surface area contributed by atoms with Crippen LogP contribution in [0.4, 0.5) is 0 Å². The summed E-state index contributed by atoms with van der Waals surface area (Å²) in [5.74, 6) is -0.733. The Morgan fingerprint density at radius 2 is 1.36 bits per heavy atom. The van der Waals surface area contributed by atoms with Crippen molar-refractivity contribution in [2.45, 2.75) is 39.3 Å². The molecule has 134 valence electrons. The monoisotopic (exact) mass is 392 g/mol. The van der Waals surface area contributed by atoms with Gasteiger partial charge in [0.15, 0.2) is 0 Å². The highest BCUT2D eigenvalue weighted by Crippen LogP contribution is 2.33. The van der Waals surface area contributed by atoms with Gasteiger partial charge in [0.2, 0.25) is 16.6 Å². The molecule has 4 nitrogen and oxygen atoms in total. The first kappa shape index (κ1) is 19.6. The highest BCUT2D eigenvalue weighted by molar-refractivity contribution is 7.16. The minimum Gasteiger partial charge on any atom is -0.516 e. The maximum absolute atomic E-state index is 12.7. The van der Waals surface area contributed by atoms with Crippen LogP contribution >= 0.6 is 11.3 Å². The molecule has 0 saturated carbocycles. The topological polar surface area (TPSA) is 52.6 Å². The Morgan fingerprint density at radius 3 is 1.88 bits per heavy atom. The molecule has 0 aliphatic heterocycles. The van der Waals surface area contributed by atoms with Crippen molar-refractivity contribution in [2.24, 2.45) is 0 Å². The summed E-state index contributed by atoms with van der Waals surface area (Å²) >= 11 is 1.15. The van der Waals surface area contributed by atoms with Gasteiger partial charge in [-0.15, -0.1) is 11.3 Å². The second kappa shape index (κ2) is 7.27. The number of carbonyl (C=O) groups is 2. The lowest BCUT2D eigenvalue weighted by Gasteiger charge is -2.17. The van der Waals surface area contributed by atoms with E-state index in [0.29, 0.717) is 9.75 Å². The molecule has 0 aliphatic carbocycles. The van der Waals surface area contributed by atoms with Gasteiger partial charge in [0.1, 0.15) is 9.75 Å². The van der Waals surface area contributed by atoms with Crippen molar-refractivity contribution in [1.82, 2.24) is 0 Å². The van der Waals surface area contributed by atoms with Crippen molar-refractivity contribution < 1.29 is 18.4 Å². The fourth-order valence-electron chi connectivity index (χ4n) is 2.13. The Bertz CT molecular complexity index is 771. The van der Waals surface area contributed by atoms with Crippen LogP contribution in [-0.4, -0.2) is 28.6 Å². The van der Waals surface area contributed by atoms with Crippen molar-refractivity contribution >= 4 is 39.9 Å². The summed E-state index contributed by atoms with van der Waals surface area (Å²) in [4.78, 5) is 26.0. The summed E-state index contributed by atoms with van der Waals surface area (Å²) in [6.07, 6.45) is 0. The summed E-state index contributed by atoms with van der Waals surface area (Å²) in [6, 6.07) is 11.3. The van der Waals surface area contributed by atoms with Crippen LogP contribution < -0.4 is 0 Å². The third-order valence-corrected chi connectivity index (χ3v) is 5.69. The van der Waals surface area contributed by atoms with Crippen molar-refractivity contribution in [2.75, 3.05) is 0 Å². The molecule has 0 aliphatic rings. The predicted molar refractivity (Wildman–Crippen MR) is 107 cm³/mol. The first-order valence-electron chi connectivity index (χ1n) is 8.12. The highest BCUT2D eigenvalue weighted by atomic mass is 32.1. The zero-order valence-electron chi connectivity index (χ0n) is 15.5. The molecule has 0 atom stereocenters. The molecule has 1 heterocycles. The van der Waals surface area contributed by atoms with Gasteiger partial charge in [-0.3, -0.25) is 0 Å². The van der Waals surface area contributed by atoms with Gasteiger partial charge < -0.3 is 8.85 Å². The van der Waals surface area contributed by atoms with E-state index in [9.17, 15) is 9.59 Å². The molecule has 25 heavy (non-hydrogen) atoms.